The van der Waals surface area contributed by atoms with Crippen LogP contribution in [0.3, 0.4) is 0 Å². The average Bonchev–Trinajstić information content (AvgIpc) is 3.29. The maximum absolute atomic E-state index is 12.4. The molecule has 1 aromatic carbocycles. The summed E-state index contributed by atoms with van der Waals surface area (Å²) < 4.78 is 10.1. The van der Waals surface area contributed by atoms with Gasteiger partial charge in [0.05, 0.1) is 6.26 Å². The van der Waals surface area contributed by atoms with E-state index in [1.165, 1.54) is 36.1 Å². The van der Waals surface area contributed by atoms with Gasteiger partial charge in [0.1, 0.15) is 6.04 Å². The number of benzene rings is 1. The summed E-state index contributed by atoms with van der Waals surface area (Å²) in [6, 6.07) is 8.41. The fourth-order valence-electron chi connectivity index (χ4n) is 3.36. The monoisotopic (exact) mass is 413 g/mol. The predicted octanol–water partition coefficient (Wildman–Crippen LogP) is 1.91. The van der Waals surface area contributed by atoms with Crippen molar-refractivity contribution in [2.75, 3.05) is 37.7 Å². The number of anilines is 1. The number of rotatable bonds is 6. The Kier molecular flexibility index (Phi) is 6.76. The van der Waals surface area contributed by atoms with Crippen molar-refractivity contribution in [1.82, 2.24) is 10.2 Å². The van der Waals surface area contributed by atoms with E-state index >= 15 is 0 Å². The van der Waals surface area contributed by atoms with Crippen molar-refractivity contribution >= 4 is 23.5 Å². The third-order valence-electron chi connectivity index (χ3n) is 5.33. The summed E-state index contributed by atoms with van der Waals surface area (Å²) in [6.45, 7) is 7.92. The number of carbonyl (C=O) groups excluding carboxylic acids is 3. The minimum Gasteiger partial charge on any atom is -0.459 e. The first-order chi connectivity index (χ1) is 14.4. The summed E-state index contributed by atoms with van der Waals surface area (Å²) in [5, 5.41) is 2.48. The van der Waals surface area contributed by atoms with Gasteiger partial charge >= 0.3 is 5.97 Å². The maximum Gasteiger partial charge on any atom is 0.328 e. The van der Waals surface area contributed by atoms with Crippen molar-refractivity contribution in [3.05, 3.63) is 53.5 Å². The fraction of sp³-hybridized carbons (Fsp3) is 0.409. The number of hydrogen-bond acceptors (Lipinski definition) is 6. The number of ether oxygens (including phenoxy) is 1. The van der Waals surface area contributed by atoms with Crippen LogP contribution >= 0.6 is 0 Å². The quantitative estimate of drug-likeness (QED) is 0.728. The van der Waals surface area contributed by atoms with E-state index in [4.69, 9.17) is 9.15 Å². The molecule has 1 saturated heterocycles. The Balaban J connectivity index is 1.44. The number of amides is 2. The predicted molar refractivity (Wildman–Crippen MR) is 111 cm³/mol. The van der Waals surface area contributed by atoms with E-state index in [0.29, 0.717) is 13.1 Å². The molecular formula is C22H27N3O5. The van der Waals surface area contributed by atoms with Crippen LogP contribution in [0.25, 0.3) is 0 Å². The first-order valence-corrected chi connectivity index (χ1v) is 9.96. The second kappa shape index (κ2) is 9.47. The van der Waals surface area contributed by atoms with Crippen molar-refractivity contribution in [3.63, 3.8) is 0 Å². The Morgan fingerprint density at radius 2 is 1.83 bits per heavy atom. The molecule has 0 aliphatic carbocycles. The molecule has 30 heavy (non-hydrogen) atoms. The van der Waals surface area contributed by atoms with Gasteiger partial charge in [0, 0.05) is 31.9 Å². The van der Waals surface area contributed by atoms with Crippen molar-refractivity contribution in [3.8, 4) is 0 Å². The lowest BCUT2D eigenvalue weighted by Gasteiger charge is -2.37. The number of piperazine rings is 1. The van der Waals surface area contributed by atoms with E-state index in [9.17, 15) is 14.4 Å². The number of furan rings is 1. The standard InChI is InChI=1S/C22H27N3O5/c1-15-6-4-7-18(16(15)2)24-9-11-25(12-10-24)20(26)14-30-22(28)17(3)23-21(27)19-8-5-13-29-19/h4-8,13,17H,9-12,14H2,1-3H3,(H,23,27)/t17-/m0/s1. The average molecular weight is 413 g/mol. The first-order valence-electron chi connectivity index (χ1n) is 9.96. The minimum absolute atomic E-state index is 0.104. The molecule has 160 valence electrons. The largest absolute Gasteiger partial charge is 0.459 e. The van der Waals surface area contributed by atoms with E-state index in [0.717, 1.165) is 13.1 Å². The van der Waals surface area contributed by atoms with E-state index in [-0.39, 0.29) is 18.3 Å². The lowest BCUT2D eigenvalue weighted by molar-refractivity contribution is -0.153. The number of nitrogens with one attached hydrogen (secondary N) is 1. The van der Waals surface area contributed by atoms with Gasteiger partial charge in [0.2, 0.25) is 0 Å². The molecule has 0 bridgehead atoms. The van der Waals surface area contributed by atoms with Crippen LogP contribution in [-0.4, -0.2) is 61.5 Å². The van der Waals surface area contributed by atoms with Gasteiger partial charge in [0.15, 0.2) is 12.4 Å². The summed E-state index contributed by atoms with van der Waals surface area (Å²) in [7, 11) is 0. The highest BCUT2D eigenvalue weighted by molar-refractivity contribution is 5.94. The van der Waals surface area contributed by atoms with Crippen molar-refractivity contribution < 1.29 is 23.5 Å². The van der Waals surface area contributed by atoms with Crippen LogP contribution < -0.4 is 10.2 Å². The van der Waals surface area contributed by atoms with Crippen LogP contribution in [0.5, 0.6) is 0 Å². The van der Waals surface area contributed by atoms with Crippen LogP contribution in [-0.2, 0) is 14.3 Å². The number of aryl methyl sites for hydroxylation is 1. The zero-order valence-electron chi connectivity index (χ0n) is 17.5. The molecule has 1 aliphatic heterocycles. The van der Waals surface area contributed by atoms with Crippen molar-refractivity contribution in [2.45, 2.75) is 26.8 Å². The van der Waals surface area contributed by atoms with Crippen LogP contribution in [0.15, 0.2) is 41.0 Å². The molecular weight excluding hydrogens is 386 g/mol. The third-order valence-corrected chi connectivity index (χ3v) is 5.33. The Morgan fingerprint density at radius 1 is 1.10 bits per heavy atom. The lowest BCUT2D eigenvalue weighted by atomic mass is 10.1. The Labute approximate surface area is 175 Å². The lowest BCUT2D eigenvalue weighted by Crippen LogP contribution is -2.50. The minimum atomic E-state index is -0.892. The van der Waals surface area contributed by atoms with Gasteiger partial charge in [0.25, 0.3) is 11.8 Å². The van der Waals surface area contributed by atoms with E-state index < -0.39 is 17.9 Å². The topological polar surface area (TPSA) is 92.1 Å². The molecule has 0 unspecified atom stereocenters. The van der Waals surface area contributed by atoms with Crippen LogP contribution in [0, 0.1) is 13.8 Å². The van der Waals surface area contributed by atoms with Crippen LogP contribution in [0.2, 0.25) is 0 Å². The SMILES string of the molecule is Cc1cccc(N2CCN(C(=O)COC(=O)[C@H](C)NC(=O)c3ccco3)CC2)c1C. The van der Waals surface area contributed by atoms with Gasteiger partial charge in [-0.15, -0.1) is 0 Å². The van der Waals surface area contributed by atoms with Gasteiger partial charge in [-0.25, -0.2) is 4.79 Å². The summed E-state index contributed by atoms with van der Waals surface area (Å²) in [4.78, 5) is 40.4. The third kappa shape index (κ3) is 5.00. The van der Waals surface area contributed by atoms with Gasteiger partial charge in [-0.05, 0) is 50.1 Å². The van der Waals surface area contributed by atoms with E-state index in [1.54, 1.807) is 11.0 Å². The molecule has 1 aliphatic rings. The van der Waals surface area contributed by atoms with Gasteiger partial charge in [-0.2, -0.15) is 0 Å². The molecule has 0 spiro atoms. The molecule has 8 nitrogen and oxygen atoms in total. The van der Waals surface area contributed by atoms with E-state index in [2.05, 4.69) is 36.2 Å². The second-order valence-electron chi connectivity index (χ2n) is 7.37. The molecule has 1 atom stereocenters. The van der Waals surface area contributed by atoms with Crippen molar-refractivity contribution in [2.24, 2.45) is 0 Å². The molecule has 8 heteroatoms. The van der Waals surface area contributed by atoms with Crippen LogP contribution in [0.1, 0.15) is 28.6 Å². The molecule has 1 N–H and O–H groups in total. The molecule has 2 aromatic rings. The van der Waals surface area contributed by atoms with Gasteiger partial charge in [-0.1, -0.05) is 12.1 Å². The Bertz CT molecular complexity index is 902. The molecule has 1 aromatic heterocycles. The molecule has 0 radical (unpaired) electrons. The fourth-order valence-corrected chi connectivity index (χ4v) is 3.36. The molecule has 1 fully saturated rings. The van der Waals surface area contributed by atoms with Crippen molar-refractivity contribution in [1.29, 1.82) is 0 Å². The van der Waals surface area contributed by atoms with Crippen LogP contribution in [0.4, 0.5) is 5.69 Å². The number of carbonyl (C=O) groups is 3. The summed E-state index contributed by atoms with van der Waals surface area (Å²) in [6.07, 6.45) is 1.37. The highest BCUT2D eigenvalue weighted by atomic mass is 16.5. The zero-order chi connectivity index (χ0) is 21.7. The summed E-state index contributed by atoms with van der Waals surface area (Å²) in [5.74, 6) is -1.32. The van der Waals surface area contributed by atoms with E-state index in [1.807, 2.05) is 6.07 Å². The Morgan fingerprint density at radius 3 is 2.50 bits per heavy atom. The second-order valence-corrected chi connectivity index (χ2v) is 7.37. The molecule has 2 amide bonds. The Hall–Kier alpha value is -3.29. The number of nitrogens with zero attached hydrogens (tertiary/aromatic N) is 2. The smallest absolute Gasteiger partial charge is 0.328 e. The van der Waals surface area contributed by atoms with Gasteiger partial charge < -0.3 is 24.3 Å². The highest BCUT2D eigenvalue weighted by Gasteiger charge is 2.25. The summed E-state index contributed by atoms with van der Waals surface area (Å²) in [5.41, 5.74) is 3.68. The van der Waals surface area contributed by atoms with Gasteiger partial charge in [-0.3, -0.25) is 9.59 Å². The molecule has 2 heterocycles. The molecule has 0 saturated carbocycles. The normalized spacial score (nSPS) is 14.9. The number of esters is 1. The maximum atomic E-state index is 12.4. The summed E-state index contributed by atoms with van der Waals surface area (Å²) >= 11 is 0. The first kappa shape index (κ1) is 21.4. The highest BCUT2D eigenvalue weighted by Crippen LogP contribution is 2.23. The number of hydrogen-bond donors (Lipinski definition) is 1. The molecule has 3 rings (SSSR count). The zero-order valence-corrected chi connectivity index (χ0v) is 17.5.